The zero-order valence-corrected chi connectivity index (χ0v) is 82.5. The number of nitrogens with zero attached hydrogens (tertiary/aromatic N) is 9. The summed E-state index contributed by atoms with van der Waals surface area (Å²) in [6.45, 7) is 23.0. The van der Waals surface area contributed by atoms with Crippen LogP contribution in [0.4, 0.5) is 40.7 Å². The van der Waals surface area contributed by atoms with Crippen LogP contribution in [0.1, 0.15) is 218 Å². The van der Waals surface area contributed by atoms with E-state index in [1.54, 1.807) is 110 Å². The molecule has 7 fully saturated rings. The minimum atomic E-state index is -3.37. The molecule has 30 nitrogen and oxygen atoms in total. The topological polar surface area (TPSA) is 360 Å². The summed E-state index contributed by atoms with van der Waals surface area (Å²) in [7, 11) is 4.47. The van der Waals surface area contributed by atoms with Crippen molar-refractivity contribution < 1.29 is 169 Å². The number of alkyl halides is 6. The van der Waals surface area contributed by atoms with Crippen molar-refractivity contribution in [2.45, 2.75) is 289 Å². The molecule has 0 spiro atoms. The van der Waals surface area contributed by atoms with Crippen molar-refractivity contribution in [3.05, 3.63) is 71.7 Å². The number of methoxy groups -OCH3 is 3. The molecule has 729 valence electrons. The maximum Gasteiger partial charge on any atom is 0.408 e. The molecule has 6 amide bonds. The first-order valence-corrected chi connectivity index (χ1v) is 45.5. The predicted molar refractivity (Wildman–Crippen MR) is 467 cm³/mol. The molecule has 3 radical (unpaired) electrons. The molecule has 3 N–H and O–H groups in total. The van der Waals surface area contributed by atoms with Gasteiger partial charge in [-0.3, -0.25) is 14.4 Å². The maximum atomic E-state index is 16.1. The van der Waals surface area contributed by atoms with E-state index in [9.17, 15) is 43.2 Å². The van der Waals surface area contributed by atoms with E-state index in [0.717, 1.165) is 12.8 Å². The first-order valence-electron chi connectivity index (χ1n) is 45.5. The number of fused-ring (bicyclic) bond motifs is 17. The van der Waals surface area contributed by atoms with Gasteiger partial charge in [0.05, 0.1) is 74.1 Å². The Morgan fingerprint density at radius 1 is 0.440 bits per heavy atom. The second-order valence-electron chi connectivity index (χ2n) is 40.3. The average Bonchev–Trinajstić information content (AvgIpc) is 1.50. The largest absolute Gasteiger partial charge is 0.540 e. The SMILES string of the molecule is CC[C@@H]1[C@@H]2CN(C(=O)[C@H](C(C)(C)C)NC(=O)O[C@@H]3CC4CC4[C@H]3CCCCC(F)(F)c3nc4ccc(OC)cc4nc3O2)[C@@H]1[C-]=O.COc1ccc2nc3c(nc2c1)O[C@H]1CN(C(=O)[C@H](C(C)(C)C)NC(=O)O[C@@H]2C[C@H]2CCCCC3(F)F)[C@H]([C-]=O)[C@@H]1C.COc1ccc2nc3c(nc2c1)O[C@H]1CN(C(=O)[C@H](C(C)(C)C)NC(=O)O[C@]2(C)C[C@H]2CCCCC3(F)F)[C@H]([C-]=O)[C@@H]1C.[HH].[V].[V].[V]. The Labute approximate surface area is 813 Å². The molecule has 4 aliphatic carbocycles. The zero-order chi connectivity index (χ0) is 94.7. The first-order chi connectivity index (χ1) is 61.8. The monoisotopic (exact) mass is 1980 g/mol. The number of carbonyl (C=O) groups is 6. The smallest absolute Gasteiger partial charge is 0.408 e. The Bertz CT molecular complexity index is 5320. The van der Waals surface area contributed by atoms with Gasteiger partial charge in [0.15, 0.2) is 17.1 Å². The summed E-state index contributed by atoms with van der Waals surface area (Å²) in [5.74, 6) is -11.9. The van der Waals surface area contributed by atoms with Gasteiger partial charge in [-0.1, -0.05) is 127 Å². The van der Waals surface area contributed by atoms with Crippen LogP contribution in [-0.4, -0.2) is 213 Å². The van der Waals surface area contributed by atoms with Gasteiger partial charge in [-0.25, -0.2) is 63.1 Å². The van der Waals surface area contributed by atoms with Gasteiger partial charge >= 0.3 is 18.3 Å². The molecule has 39 heteroatoms. The minimum absolute atomic E-state index is 0. The fourth-order valence-corrected chi connectivity index (χ4v) is 19.6. The van der Waals surface area contributed by atoms with E-state index in [1.165, 1.54) is 36.0 Å². The second-order valence-corrected chi connectivity index (χ2v) is 40.3. The Morgan fingerprint density at radius 3 is 1.19 bits per heavy atom. The van der Waals surface area contributed by atoms with Crippen molar-refractivity contribution in [1.29, 1.82) is 0 Å². The van der Waals surface area contributed by atoms with Gasteiger partial charge in [0.2, 0.25) is 35.4 Å². The Morgan fingerprint density at radius 2 is 0.799 bits per heavy atom. The van der Waals surface area contributed by atoms with Crippen LogP contribution >= 0.6 is 0 Å². The van der Waals surface area contributed by atoms with Crippen LogP contribution < -0.4 is 44.4 Å². The predicted octanol–water partition coefficient (Wildman–Crippen LogP) is 15.3. The number of rotatable bonds is 7. The number of alkyl carbamates (subject to hydrolysis) is 3. The fourth-order valence-electron chi connectivity index (χ4n) is 19.6. The number of aromatic nitrogens is 6. The van der Waals surface area contributed by atoms with Crippen LogP contribution in [-0.2, 0) is 116 Å². The molecule has 6 aliphatic heterocycles. The third kappa shape index (κ3) is 23.0. The van der Waals surface area contributed by atoms with Crippen LogP contribution in [0.2, 0.25) is 0 Å². The molecule has 6 aromatic rings. The Balaban J connectivity index is 0.000000207. The molecule has 134 heavy (non-hydrogen) atoms. The van der Waals surface area contributed by atoms with Gasteiger partial charge in [0.25, 0.3) is 17.8 Å². The van der Waals surface area contributed by atoms with Crippen molar-refractivity contribution in [1.82, 2.24) is 60.6 Å². The molecule has 9 heterocycles. The molecule has 6 bridgehead atoms. The summed E-state index contributed by atoms with van der Waals surface area (Å²) in [4.78, 5) is 148. The number of amides is 6. The van der Waals surface area contributed by atoms with Crippen molar-refractivity contribution in [2.75, 3.05) is 41.0 Å². The number of ether oxygens (including phenoxy) is 9. The number of halogens is 6. The molecule has 3 aromatic carbocycles. The zero-order valence-electron chi connectivity index (χ0n) is 78.3. The minimum Gasteiger partial charge on any atom is -0.540 e. The van der Waals surface area contributed by atoms with E-state index in [0.29, 0.717) is 103 Å². The van der Waals surface area contributed by atoms with Crippen molar-refractivity contribution in [3.8, 4) is 34.9 Å². The number of hydrogen-bond donors (Lipinski definition) is 3. The normalized spacial score (nSPS) is 30.9. The van der Waals surface area contributed by atoms with Gasteiger partial charge in [-0.15, -0.1) is 0 Å². The fraction of sp³-hybridized carbons (Fsp3) is 0.653. The summed E-state index contributed by atoms with van der Waals surface area (Å²) < 4.78 is 147. The molecule has 2 unspecified atom stereocenters. The van der Waals surface area contributed by atoms with Crippen LogP contribution in [0, 0.1) is 63.6 Å². The summed E-state index contributed by atoms with van der Waals surface area (Å²) in [5, 5.41) is 8.26. The number of nitrogens with one attached hydrogen (secondary N) is 3. The maximum absolute atomic E-state index is 16.1. The third-order valence-corrected chi connectivity index (χ3v) is 27.8. The van der Waals surface area contributed by atoms with Crippen LogP contribution in [0.3, 0.4) is 0 Å². The average molecular weight is 1990 g/mol. The van der Waals surface area contributed by atoms with Crippen molar-refractivity contribution in [3.63, 3.8) is 0 Å². The van der Waals surface area contributed by atoms with Crippen LogP contribution in [0.25, 0.3) is 33.1 Å². The van der Waals surface area contributed by atoms with Gasteiger partial charge in [0, 0.05) is 100 Å². The third-order valence-electron chi connectivity index (χ3n) is 27.8. The van der Waals surface area contributed by atoms with E-state index >= 15 is 26.3 Å². The Hall–Kier alpha value is -8.96. The van der Waals surface area contributed by atoms with Crippen LogP contribution in [0.5, 0.6) is 34.9 Å². The molecular weight excluding hydrogens is 1860 g/mol. The van der Waals surface area contributed by atoms with Crippen molar-refractivity contribution >= 4 is 88.0 Å². The quantitative estimate of drug-likeness (QED) is 0.0759. The summed E-state index contributed by atoms with van der Waals surface area (Å²) >= 11 is 0. The Kier molecular flexibility index (Phi) is 32.9. The van der Waals surface area contributed by atoms with E-state index in [2.05, 4.69) is 45.9 Å². The molecule has 3 aromatic heterocycles. The van der Waals surface area contributed by atoms with Gasteiger partial charge in [0.1, 0.15) is 71.5 Å². The standard InChI is InChI=1S/C34H43F2N4O6.C31H39F2N4O6.C30H37F2N4O6.3V.H2/c1-6-20-25(17-41)40-16-27(20)45-30-28(37-23-11-10-19(44-5)15-24(23)38-30)34(35,36)12-8-7-9-21-22-13-18(22)14-26(21)46-32(43)39-29(31(40)42)33(2,3)4;1-17-22(16-38)37-15-23(17)42-26-24(34-20-11-10-19(41-6)13-21(20)35-26)31(32,33)12-8-7-9-18-14-30(18,5)43-28(40)36-25(27(37)39)29(2,3)4;1-16-21(15-37)36-14-23(16)41-26-24(33-19-10-9-18(40-5)13-20(19)34-26)30(31,32)11-7-6-8-17-12-22(17)42-28(39)35-25(27(36)38)29(2,3)4;;;;/h10-11,15,18,20-22,25-27,29H,6-9,12-14,16H2,1-5H3,(H,39,43);10-11,13,17-18,22-23,25H,7-9,12,14-15H2,1-6H3,(H,36,40);9-10,13,16-17,21-23,25H,6-8,11-12,14H2,1-5H3,(H,35,39);;;;1H/q3*-1;;;;/t18?,20-,21+,22?,25+,26+,27-,29+;17-,18+,22+,23-,25+,30+;16-,17+,21+,22+,23-,25+;;;;/m000..../s1. The van der Waals surface area contributed by atoms with Crippen molar-refractivity contribution in [2.24, 2.45) is 63.6 Å². The molecule has 3 saturated heterocycles. The molecule has 20 atom stereocenters. The summed E-state index contributed by atoms with van der Waals surface area (Å²) in [6.07, 6.45) is 6.60. The summed E-state index contributed by atoms with van der Waals surface area (Å²) in [5.41, 5.74) is -2.97. The van der Waals surface area contributed by atoms with Gasteiger partial charge in [-0.2, -0.15) is 26.3 Å². The van der Waals surface area contributed by atoms with E-state index in [4.69, 9.17) is 42.6 Å². The number of hydrogen-bond acceptors (Lipinski definition) is 24. The van der Waals surface area contributed by atoms with Gasteiger partial charge in [-0.05, 0) is 165 Å². The number of carbonyl (C=O) groups excluding carboxylic acids is 9. The van der Waals surface area contributed by atoms with Crippen LogP contribution in [0.15, 0.2) is 54.6 Å². The van der Waals surface area contributed by atoms with Gasteiger partial charge < -0.3 is 87.7 Å². The molecule has 16 rings (SSSR count). The molecule has 10 aliphatic rings. The van der Waals surface area contributed by atoms with E-state index in [-0.39, 0.29) is 160 Å². The second kappa shape index (κ2) is 41.8. The molecule has 4 saturated carbocycles. The van der Waals surface area contributed by atoms with E-state index in [1.807, 2.05) is 53.5 Å². The van der Waals surface area contributed by atoms with E-state index < -0.39 is 184 Å². The summed E-state index contributed by atoms with van der Waals surface area (Å²) in [6, 6.07) is 8.19. The first kappa shape index (κ1) is 106. The molecular formula is C95H121F6N12O18V3-3. The number of benzene rings is 3.